The lowest BCUT2D eigenvalue weighted by Crippen LogP contribution is -2.19. The number of benzene rings is 2. The van der Waals surface area contributed by atoms with Crippen LogP contribution in [0.1, 0.15) is 43.6 Å². The summed E-state index contributed by atoms with van der Waals surface area (Å²) in [4.78, 5) is 0.311. The first-order chi connectivity index (χ1) is 11.5. The molecule has 0 aromatic heterocycles. The molecule has 5 heteroatoms. The summed E-state index contributed by atoms with van der Waals surface area (Å²) in [5.74, 6) is -0.300. The summed E-state index contributed by atoms with van der Waals surface area (Å²) >= 11 is 12.5. The maximum atomic E-state index is 13.3. The minimum absolute atomic E-state index is 0.0287. The fourth-order valence-electron chi connectivity index (χ4n) is 3.12. The third kappa shape index (κ3) is 3.74. The fraction of sp³-hybridized carbons (Fsp3) is 0.400. The van der Waals surface area contributed by atoms with E-state index in [1.54, 1.807) is 12.1 Å². The van der Waals surface area contributed by atoms with E-state index < -0.39 is 19.4 Å². The molecule has 0 heterocycles. The molecule has 0 spiro atoms. The molecule has 2 unspecified atom stereocenters. The Morgan fingerprint density at radius 2 is 1.52 bits per heavy atom. The molecule has 0 radical (unpaired) electrons. The monoisotopic (exact) mass is 396 g/mol. The Balaban J connectivity index is 2.03. The minimum Gasteiger partial charge on any atom is -0.223 e. The molecule has 25 heavy (non-hydrogen) atoms. The van der Waals surface area contributed by atoms with Gasteiger partial charge >= 0.3 is 0 Å². The van der Waals surface area contributed by atoms with Gasteiger partial charge in [0.1, 0.15) is 4.33 Å². The molecule has 0 bridgehead atoms. The van der Waals surface area contributed by atoms with E-state index in [1.165, 1.54) is 0 Å². The van der Waals surface area contributed by atoms with Crippen molar-refractivity contribution in [2.45, 2.75) is 47.1 Å². The van der Waals surface area contributed by atoms with Gasteiger partial charge in [-0.2, -0.15) is 0 Å². The highest BCUT2D eigenvalue weighted by Gasteiger charge is 2.59. The lowest BCUT2D eigenvalue weighted by atomic mass is 9.87. The van der Waals surface area contributed by atoms with E-state index in [9.17, 15) is 8.42 Å². The number of hydrogen-bond donors (Lipinski definition) is 0. The second-order valence-corrected chi connectivity index (χ2v) is 11.3. The number of hydrogen-bond acceptors (Lipinski definition) is 2. The fourth-order valence-corrected chi connectivity index (χ4v) is 5.94. The molecule has 0 saturated heterocycles. The Kier molecular flexibility index (Phi) is 4.72. The van der Waals surface area contributed by atoms with Crippen LogP contribution in [0.15, 0.2) is 59.5 Å². The van der Waals surface area contributed by atoms with Gasteiger partial charge in [0, 0.05) is 5.92 Å². The van der Waals surface area contributed by atoms with E-state index in [1.807, 2.05) is 42.5 Å². The van der Waals surface area contributed by atoms with Crippen molar-refractivity contribution in [1.29, 1.82) is 0 Å². The Morgan fingerprint density at radius 1 is 1.00 bits per heavy atom. The van der Waals surface area contributed by atoms with Gasteiger partial charge in [0.05, 0.1) is 10.1 Å². The van der Waals surface area contributed by atoms with E-state index in [2.05, 4.69) is 20.8 Å². The van der Waals surface area contributed by atoms with Crippen molar-refractivity contribution < 1.29 is 8.42 Å². The highest BCUT2D eigenvalue weighted by molar-refractivity contribution is 7.91. The molecule has 2 nitrogen and oxygen atoms in total. The van der Waals surface area contributed by atoms with Gasteiger partial charge in [-0.05, 0) is 35.1 Å². The number of rotatable bonds is 4. The summed E-state index contributed by atoms with van der Waals surface area (Å²) in [7, 11) is -3.59. The first kappa shape index (κ1) is 18.8. The zero-order valence-corrected chi connectivity index (χ0v) is 16.9. The summed E-state index contributed by atoms with van der Waals surface area (Å²) in [5, 5.41) is -0.732. The first-order valence-electron chi connectivity index (χ1n) is 8.31. The normalized spacial score (nSPS) is 20.9. The van der Waals surface area contributed by atoms with E-state index in [4.69, 9.17) is 23.2 Å². The van der Waals surface area contributed by atoms with Crippen LogP contribution in [0, 0.1) is 5.92 Å². The Hall–Kier alpha value is -1.03. The van der Waals surface area contributed by atoms with Crippen LogP contribution in [0.2, 0.25) is 0 Å². The van der Waals surface area contributed by atoms with Crippen LogP contribution in [0.25, 0.3) is 0 Å². The second kappa shape index (κ2) is 6.29. The topological polar surface area (TPSA) is 34.1 Å². The lowest BCUT2D eigenvalue weighted by molar-refractivity contribution is 0.569. The van der Waals surface area contributed by atoms with Crippen molar-refractivity contribution in [3.05, 3.63) is 65.7 Å². The molecule has 0 N–H and O–H groups in total. The van der Waals surface area contributed by atoms with Crippen LogP contribution in [-0.2, 0) is 15.3 Å². The second-order valence-electron chi connectivity index (χ2n) is 7.72. The number of halogens is 2. The maximum absolute atomic E-state index is 13.3. The Morgan fingerprint density at radius 3 is 1.96 bits per heavy atom. The predicted molar refractivity (Wildman–Crippen MR) is 104 cm³/mol. The van der Waals surface area contributed by atoms with Gasteiger partial charge in [-0.25, -0.2) is 8.42 Å². The minimum atomic E-state index is -3.59. The Bertz CT molecular complexity index is 851. The van der Waals surface area contributed by atoms with E-state index in [-0.39, 0.29) is 11.3 Å². The lowest BCUT2D eigenvalue weighted by Gasteiger charge is -2.21. The zero-order valence-electron chi connectivity index (χ0n) is 14.5. The van der Waals surface area contributed by atoms with Crippen LogP contribution in [-0.4, -0.2) is 12.8 Å². The summed E-state index contributed by atoms with van der Waals surface area (Å²) in [6, 6.07) is 16.4. The van der Waals surface area contributed by atoms with Crippen LogP contribution in [0.3, 0.4) is 0 Å². The van der Waals surface area contributed by atoms with Gasteiger partial charge in [-0.15, -0.1) is 23.2 Å². The third-order valence-electron chi connectivity index (χ3n) is 4.75. The van der Waals surface area contributed by atoms with Crippen molar-refractivity contribution in [1.82, 2.24) is 0 Å². The highest BCUT2D eigenvalue weighted by atomic mass is 35.5. The summed E-state index contributed by atoms with van der Waals surface area (Å²) in [5.41, 5.74) is 1.80. The van der Waals surface area contributed by atoms with Crippen LogP contribution < -0.4 is 0 Å². The molecule has 2 aromatic rings. The molecule has 1 fully saturated rings. The van der Waals surface area contributed by atoms with Crippen molar-refractivity contribution in [3.63, 3.8) is 0 Å². The number of sulfone groups is 1. The highest BCUT2D eigenvalue weighted by Crippen LogP contribution is 2.61. The van der Waals surface area contributed by atoms with Gasteiger partial charge < -0.3 is 0 Å². The van der Waals surface area contributed by atoms with Crippen molar-refractivity contribution in [3.8, 4) is 0 Å². The summed E-state index contributed by atoms with van der Waals surface area (Å²) in [6.45, 7) is 6.30. The van der Waals surface area contributed by atoms with E-state index in [0.29, 0.717) is 11.3 Å². The van der Waals surface area contributed by atoms with E-state index >= 15 is 0 Å². The van der Waals surface area contributed by atoms with Gasteiger partial charge in [-0.1, -0.05) is 63.2 Å². The number of alkyl halides is 2. The van der Waals surface area contributed by atoms with Gasteiger partial charge in [-0.3, -0.25) is 0 Å². The van der Waals surface area contributed by atoms with Gasteiger partial charge in [0.25, 0.3) is 0 Å². The standard InChI is InChI=1S/C20H22Cl2O2S/c1-19(2,3)15-9-11-16(12-10-15)25(23,24)18(17-13-20(17,21)22)14-7-5-4-6-8-14/h4-12,17-18H,13H2,1-3H3. The Labute approximate surface area is 160 Å². The van der Waals surface area contributed by atoms with Crippen LogP contribution in [0.5, 0.6) is 0 Å². The van der Waals surface area contributed by atoms with E-state index in [0.717, 1.165) is 11.1 Å². The predicted octanol–water partition coefficient (Wildman–Crippen LogP) is 5.69. The average molecular weight is 397 g/mol. The molecular weight excluding hydrogens is 375 g/mol. The smallest absolute Gasteiger partial charge is 0.185 e. The van der Waals surface area contributed by atoms with Crippen LogP contribution >= 0.6 is 23.2 Å². The SMILES string of the molecule is CC(C)(C)c1ccc(S(=O)(=O)C(c2ccccc2)C2CC2(Cl)Cl)cc1. The summed E-state index contributed by atoms with van der Waals surface area (Å²) in [6.07, 6.45) is 0.481. The molecule has 0 aliphatic heterocycles. The molecule has 2 aromatic carbocycles. The molecule has 2 atom stereocenters. The largest absolute Gasteiger partial charge is 0.223 e. The van der Waals surface area contributed by atoms with Crippen molar-refractivity contribution >= 4 is 33.0 Å². The first-order valence-corrected chi connectivity index (χ1v) is 10.6. The molecule has 3 rings (SSSR count). The summed E-state index contributed by atoms with van der Waals surface area (Å²) < 4.78 is 25.7. The molecule has 0 amide bonds. The molecule has 1 aliphatic rings. The average Bonchev–Trinajstić information content (AvgIpc) is 3.15. The van der Waals surface area contributed by atoms with Crippen molar-refractivity contribution in [2.75, 3.05) is 0 Å². The van der Waals surface area contributed by atoms with Crippen molar-refractivity contribution in [2.24, 2.45) is 5.92 Å². The van der Waals surface area contributed by atoms with Gasteiger partial charge in [0.2, 0.25) is 0 Å². The quantitative estimate of drug-likeness (QED) is 0.621. The van der Waals surface area contributed by atoms with Gasteiger partial charge in [0.15, 0.2) is 9.84 Å². The molecule has 134 valence electrons. The third-order valence-corrected chi connectivity index (χ3v) is 7.82. The molecular formula is C20H22Cl2O2S. The van der Waals surface area contributed by atoms with Crippen LogP contribution in [0.4, 0.5) is 0 Å². The molecule has 1 saturated carbocycles. The zero-order chi connectivity index (χ0) is 18.5. The molecule has 1 aliphatic carbocycles. The maximum Gasteiger partial charge on any atom is 0.185 e.